The summed E-state index contributed by atoms with van der Waals surface area (Å²) in [6, 6.07) is 3.99. The Bertz CT molecular complexity index is 1050. The smallest absolute Gasteiger partial charge is 0.263 e. The van der Waals surface area contributed by atoms with E-state index < -0.39 is 0 Å². The summed E-state index contributed by atoms with van der Waals surface area (Å²) in [6.45, 7) is 3.37. The number of hydrogen-bond acceptors (Lipinski definition) is 6. The maximum absolute atomic E-state index is 13.3. The molecular formula is C21H25N3O2S3. The second-order valence-electron chi connectivity index (χ2n) is 7.24. The summed E-state index contributed by atoms with van der Waals surface area (Å²) in [6.07, 6.45) is 6.31. The van der Waals surface area contributed by atoms with E-state index in [9.17, 15) is 9.59 Å². The van der Waals surface area contributed by atoms with Gasteiger partial charge in [0.2, 0.25) is 5.91 Å². The summed E-state index contributed by atoms with van der Waals surface area (Å²) in [4.78, 5) is 33.7. The fraction of sp³-hybridized carbons (Fsp3) is 0.476. The molecule has 3 heterocycles. The van der Waals surface area contributed by atoms with E-state index >= 15 is 0 Å². The molecule has 0 bridgehead atoms. The van der Waals surface area contributed by atoms with Crippen LogP contribution in [0.1, 0.15) is 47.9 Å². The first kappa shape index (κ1) is 20.6. The van der Waals surface area contributed by atoms with Gasteiger partial charge in [-0.05, 0) is 42.7 Å². The van der Waals surface area contributed by atoms with E-state index in [4.69, 9.17) is 4.98 Å². The van der Waals surface area contributed by atoms with Crippen LogP contribution in [0.15, 0.2) is 27.5 Å². The summed E-state index contributed by atoms with van der Waals surface area (Å²) in [5, 5.41) is 6.45. The second kappa shape index (κ2) is 9.45. The summed E-state index contributed by atoms with van der Waals surface area (Å²) >= 11 is 4.66. The number of aromatic nitrogens is 2. The number of amides is 1. The van der Waals surface area contributed by atoms with Crippen molar-refractivity contribution in [1.82, 2.24) is 14.9 Å². The number of nitrogens with one attached hydrogen (secondary N) is 1. The Morgan fingerprint density at radius 2 is 2.24 bits per heavy atom. The topological polar surface area (TPSA) is 64.0 Å². The Balaban J connectivity index is 1.54. The van der Waals surface area contributed by atoms with Crippen molar-refractivity contribution < 1.29 is 4.79 Å². The molecule has 5 nitrogen and oxygen atoms in total. The lowest BCUT2D eigenvalue weighted by Crippen LogP contribution is -2.26. The molecule has 1 aliphatic carbocycles. The number of thioether (sulfide) groups is 1. The lowest BCUT2D eigenvalue weighted by molar-refractivity contribution is -0.118. The number of carbonyl (C=O) groups excluding carboxylic acids is 1. The molecule has 0 saturated heterocycles. The van der Waals surface area contributed by atoms with E-state index in [-0.39, 0.29) is 17.2 Å². The first-order valence-corrected chi connectivity index (χ1v) is 12.8. The lowest BCUT2D eigenvalue weighted by atomic mass is 10.2. The largest absolute Gasteiger partial charge is 0.350 e. The Kier molecular flexibility index (Phi) is 6.72. The van der Waals surface area contributed by atoms with E-state index in [2.05, 4.69) is 12.2 Å². The van der Waals surface area contributed by atoms with Crippen LogP contribution in [0.5, 0.6) is 0 Å². The number of rotatable bonds is 9. The quantitative estimate of drug-likeness (QED) is 0.296. The zero-order valence-electron chi connectivity index (χ0n) is 16.5. The first-order chi connectivity index (χ1) is 14.2. The summed E-state index contributed by atoms with van der Waals surface area (Å²) in [5.74, 6) is 0.230. The number of hydrogen-bond donors (Lipinski definition) is 1. The Morgan fingerprint density at radius 3 is 3.03 bits per heavy atom. The van der Waals surface area contributed by atoms with Crippen molar-refractivity contribution in [2.45, 2.75) is 63.7 Å². The van der Waals surface area contributed by atoms with Crippen LogP contribution in [0.2, 0.25) is 0 Å². The van der Waals surface area contributed by atoms with Gasteiger partial charge in [-0.15, -0.1) is 22.7 Å². The van der Waals surface area contributed by atoms with Gasteiger partial charge in [-0.1, -0.05) is 37.6 Å². The molecule has 0 spiro atoms. The highest BCUT2D eigenvalue weighted by Gasteiger charge is 2.23. The van der Waals surface area contributed by atoms with Gasteiger partial charge in [-0.25, -0.2) is 4.98 Å². The average Bonchev–Trinajstić information content (AvgIpc) is 3.44. The maximum atomic E-state index is 13.3. The van der Waals surface area contributed by atoms with Crippen LogP contribution in [0.25, 0.3) is 10.2 Å². The van der Waals surface area contributed by atoms with Crippen LogP contribution in [-0.2, 0) is 30.7 Å². The van der Waals surface area contributed by atoms with E-state index in [0.717, 1.165) is 53.6 Å². The van der Waals surface area contributed by atoms with Gasteiger partial charge in [-0.2, -0.15) is 0 Å². The third-order valence-electron chi connectivity index (χ3n) is 5.15. The van der Waals surface area contributed by atoms with Crippen molar-refractivity contribution in [2.24, 2.45) is 0 Å². The van der Waals surface area contributed by atoms with Crippen molar-refractivity contribution in [3.8, 4) is 0 Å². The minimum atomic E-state index is -0.0356. The predicted molar refractivity (Wildman–Crippen MR) is 122 cm³/mol. The standard InChI is InChI=1S/C21H25N3O2S3/c1-2-3-4-10-24-20(26)18-15-8-5-9-16(15)29-19(18)23-21(24)28-13-17(25)22-12-14-7-6-11-27-14/h6-7,11H,2-5,8-10,12-13H2,1H3,(H,22,25). The minimum absolute atomic E-state index is 0.0356. The molecule has 8 heteroatoms. The predicted octanol–water partition coefficient (Wildman–Crippen LogP) is 4.61. The maximum Gasteiger partial charge on any atom is 0.263 e. The number of unbranched alkanes of at least 4 members (excludes halogenated alkanes) is 2. The molecule has 1 aliphatic rings. The van der Waals surface area contributed by atoms with E-state index in [1.807, 2.05) is 17.5 Å². The number of aryl methyl sites for hydroxylation is 2. The van der Waals surface area contributed by atoms with Crippen molar-refractivity contribution >= 4 is 50.6 Å². The number of fused-ring (bicyclic) bond motifs is 3. The van der Waals surface area contributed by atoms with Gasteiger partial charge in [-0.3, -0.25) is 14.2 Å². The molecule has 0 unspecified atom stereocenters. The molecule has 0 fully saturated rings. The summed E-state index contributed by atoms with van der Waals surface area (Å²) in [5.41, 5.74) is 1.30. The lowest BCUT2D eigenvalue weighted by Gasteiger charge is -2.12. The van der Waals surface area contributed by atoms with Crippen LogP contribution >= 0.6 is 34.4 Å². The Hall–Kier alpha value is -1.64. The molecule has 0 aromatic carbocycles. The van der Waals surface area contributed by atoms with Crippen molar-refractivity contribution in [3.05, 3.63) is 43.2 Å². The minimum Gasteiger partial charge on any atom is -0.350 e. The first-order valence-electron chi connectivity index (χ1n) is 10.1. The molecule has 29 heavy (non-hydrogen) atoms. The van der Waals surface area contributed by atoms with Crippen molar-refractivity contribution in [1.29, 1.82) is 0 Å². The van der Waals surface area contributed by atoms with Gasteiger partial charge in [0.25, 0.3) is 5.56 Å². The van der Waals surface area contributed by atoms with Crippen molar-refractivity contribution in [3.63, 3.8) is 0 Å². The molecular weight excluding hydrogens is 422 g/mol. The SMILES string of the molecule is CCCCCn1c(SCC(=O)NCc2cccs2)nc2sc3c(c2c1=O)CCC3. The molecule has 3 aromatic rings. The highest BCUT2D eigenvalue weighted by atomic mass is 32.2. The Morgan fingerprint density at radius 1 is 1.34 bits per heavy atom. The van der Waals surface area contributed by atoms with E-state index in [1.54, 1.807) is 27.2 Å². The highest BCUT2D eigenvalue weighted by molar-refractivity contribution is 7.99. The molecule has 154 valence electrons. The highest BCUT2D eigenvalue weighted by Crippen LogP contribution is 2.35. The molecule has 0 saturated carbocycles. The van der Waals surface area contributed by atoms with Crippen LogP contribution in [0.3, 0.4) is 0 Å². The van der Waals surface area contributed by atoms with Crippen LogP contribution < -0.4 is 10.9 Å². The second-order valence-corrected chi connectivity index (χ2v) is 10.3. The molecule has 4 rings (SSSR count). The molecule has 0 atom stereocenters. The van der Waals surface area contributed by atoms with Crippen molar-refractivity contribution in [2.75, 3.05) is 5.75 Å². The Labute approximate surface area is 182 Å². The van der Waals surface area contributed by atoms with Crippen LogP contribution in [0, 0.1) is 0 Å². The zero-order chi connectivity index (χ0) is 20.2. The van der Waals surface area contributed by atoms with Gasteiger partial charge in [0.05, 0.1) is 17.7 Å². The summed E-state index contributed by atoms with van der Waals surface area (Å²) in [7, 11) is 0. The summed E-state index contributed by atoms with van der Waals surface area (Å²) < 4.78 is 1.81. The van der Waals surface area contributed by atoms with Gasteiger partial charge < -0.3 is 5.32 Å². The van der Waals surface area contributed by atoms with E-state index in [0.29, 0.717) is 18.2 Å². The number of carbonyl (C=O) groups is 1. The van der Waals surface area contributed by atoms with Gasteiger partial charge in [0.15, 0.2) is 5.16 Å². The molecule has 3 aromatic heterocycles. The molecule has 0 aliphatic heterocycles. The normalized spacial score (nSPS) is 13.1. The van der Waals surface area contributed by atoms with Gasteiger partial charge in [0.1, 0.15) is 4.83 Å². The number of nitrogens with zero attached hydrogens (tertiary/aromatic N) is 2. The zero-order valence-corrected chi connectivity index (χ0v) is 19.0. The third kappa shape index (κ3) is 4.59. The molecule has 0 radical (unpaired) electrons. The molecule has 1 amide bonds. The van der Waals surface area contributed by atoms with Crippen LogP contribution in [-0.4, -0.2) is 21.2 Å². The fourth-order valence-corrected chi connectivity index (χ4v) is 6.47. The van der Waals surface area contributed by atoms with E-state index in [1.165, 1.54) is 22.2 Å². The van der Waals surface area contributed by atoms with Crippen LogP contribution in [0.4, 0.5) is 0 Å². The van der Waals surface area contributed by atoms with Gasteiger partial charge >= 0.3 is 0 Å². The average molecular weight is 448 g/mol. The molecule has 1 N–H and O–H groups in total. The monoisotopic (exact) mass is 447 g/mol. The number of thiophene rings is 2. The third-order valence-corrected chi connectivity index (χ3v) is 8.19. The fourth-order valence-electron chi connectivity index (χ4n) is 3.67. The van der Waals surface area contributed by atoms with Gasteiger partial charge in [0, 0.05) is 16.3 Å².